The van der Waals surface area contributed by atoms with Crippen LogP contribution >= 0.6 is 0 Å². The van der Waals surface area contributed by atoms with Gasteiger partial charge in [-0.3, -0.25) is 9.59 Å². The summed E-state index contributed by atoms with van der Waals surface area (Å²) in [5, 5.41) is 38.1. The van der Waals surface area contributed by atoms with Crippen molar-refractivity contribution in [3.63, 3.8) is 0 Å². The smallest absolute Gasteiger partial charge is 0.317 e. The van der Waals surface area contributed by atoms with Crippen LogP contribution in [-0.2, 0) is 9.59 Å². The standard InChI is InChI=1S/C24H40O4.C2H5NO2/c1-14(4-7-21(27)28)17-5-6-18-22-19(9-11-24(17,18)3)23(2)10-8-16(25)12-15(23)13-20(22)26;3-1-2(4)5/h14-20,22,25-26H,4-13H2,1-3H3,(H,27,28);1,3H2,(H,4,5)/t14-,15+,16-,17-,18+,19+,20-,22+,23+,24-;/m1./s1. The zero-order valence-electron chi connectivity index (χ0n) is 20.6. The predicted octanol–water partition coefficient (Wildman–Crippen LogP) is 3.51. The maximum atomic E-state index is 11.2. The van der Waals surface area contributed by atoms with Crippen LogP contribution in [0.4, 0.5) is 0 Å². The first-order valence-corrected chi connectivity index (χ1v) is 12.9. The summed E-state index contributed by atoms with van der Waals surface area (Å²) in [5.41, 5.74) is 5.09. The Morgan fingerprint density at radius 1 is 0.939 bits per heavy atom. The third-order valence-corrected chi connectivity index (χ3v) is 10.4. The number of hydrogen-bond donors (Lipinski definition) is 5. The lowest BCUT2D eigenvalue weighted by atomic mass is 9.43. The fourth-order valence-electron chi connectivity index (χ4n) is 8.73. The summed E-state index contributed by atoms with van der Waals surface area (Å²) >= 11 is 0. The van der Waals surface area contributed by atoms with Gasteiger partial charge >= 0.3 is 11.9 Å². The minimum absolute atomic E-state index is 0.179. The molecule has 0 spiro atoms. The third kappa shape index (κ3) is 5.10. The van der Waals surface area contributed by atoms with Crippen LogP contribution in [0, 0.1) is 46.3 Å². The number of nitrogens with two attached hydrogens (primary N) is 1. The average Bonchev–Trinajstić information content (AvgIpc) is 3.11. The van der Waals surface area contributed by atoms with Crippen LogP contribution in [0.1, 0.15) is 85.0 Å². The van der Waals surface area contributed by atoms with Crippen molar-refractivity contribution in [2.24, 2.45) is 52.1 Å². The van der Waals surface area contributed by atoms with Gasteiger partial charge in [-0.05, 0) is 104 Å². The number of carboxylic acids is 2. The molecule has 4 saturated carbocycles. The molecule has 33 heavy (non-hydrogen) atoms. The van der Waals surface area contributed by atoms with Crippen molar-refractivity contribution >= 4 is 11.9 Å². The van der Waals surface area contributed by atoms with Crippen molar-refractivity contribution in [3.8, 4) is 0 Å². The van der Waals surface area contributed by atoms with Gasteiger partial charge in [0.1, 0.15) is 0 Å². The topological polar surface area (TPSA) is 141 Å². The van der Waals surface area contributed by atoms with E-state index in [2.05, 4.69) is 26.5 Å². The molecule has 0 aromatic rings. The molecule has 4 aliphatic carbocycles. The number of aliphatic carboxylic acids is 2. The Bertz CT molecular complexity index is 715. The molecule has 0 unspecified atom stereocenters. The van der Waals surface area contributed by atoms with E-state index in [0.29, 0.717) is 35.5 Å². The quantitative estimate of drug-likeness (QED) is 0.416. The van der Waals surface area contributed by atoms with E-state index in [1.54, 1.807) is 0 Å². The maximum Gasteiger partial charge on any atom is 0.317 e. The molecule has 4 aliphatic rings. The van der Waals surface area contributed by atoms with E-state index in [1.807, 2.05) is 0 Å². The molecule has 0 amide bonds. The molecule has 4 rings (SSSR count). The van der Waals surface area contributed by atoms with E-state index in [0.717, 1.165) is 32.1 Å². The van der Waals surface area contributed by atoms with Crippen LogP contribution < -0.4 is 5.73 Å². The molecule has 0 radical (unpaired) electrons. The molecule has 190 valence electrons. The van der Waals surface area contributed by atoms with Crippen molar-refractivity contribution in [1.29, 1.82) is 0 Å². The Morgan fingerprint density at radius 2 is 1.55 bits per heavy atom. The van der Waals surface area contributed by atoms with E-state index in [-0.39, 0.29) is 36.0 Å². The highest BCUT2D eigenvalue weighted by Crippen LogP contribution is 2.68. The third-order valence-electron chi connectivity index (χ3n) is 10.4. The Morgan fingerprint density at radius 3 is 2.15 bits per heavy atom. The van der Waals surface area contributed by atoms with E-state index >= 15 is 0 Å². The Balaban J connectivity index is 0.000000555. The van der Waals surface area contributed by atoms with Crippen LogP contribution in [0.3, 0.4) is 0 Å². The van der Waals surface area contributed by atoms with Crippen molar-refractivity contribution in [1.82, 2.24) is 0 Å². The Hall–Kier alpha value is -1.18. The van der Waals surface area contributed by atoms with Gasteiger partial charge in [0.25, 0.3) is 0 Å². The van der Waals surface area contributed by atoms with Gasteiger partial charge in [-0.25, -0.2) is 0 Å². The summed E-state index contributed by atoms with van der Waals surface area (Å²) in [6.45, 7) is 6.89. The molecular weight excluding hydrogens is 422 g/mol. The van der Waals surface area contributed by atoms with Gasteiger partial charge in [0.2, 0.25) is 0 Å². The van der Waals surface area contributed by atoms with Crippen LogP contribution in [-0.4, -0.2) is 51.1 Å². The molecule has 6 N–H and O–H groups in total. The number of aliphatic hydroxyl groups excluding tert-OH is 2. The van der Waals surface area contributed by atoms with Gasteiger partial charge in [-0.15, -0.1) is 0 Å². The number of fused-ring (bicyclic) bond motifs is 5. The fraction of sp³-hybridized carbons (Fsp3) is 0.923. The van der Waals surface area contributed by atoms with Gasteiger partial charge in [-0.1, -0.05) is 20.8 Å². The number of carboxylic acid groups (broad SMARTS) is 2. The molecule has 0 aromatic heterocycles. The largest absolute Gasteiger partial charge is 0.481 e. The lowest BCUT2D eigenvalue weighted by Crippen LogP contribution is -2.58. The minimum atomic E-state index is -0.968. The van der Waals surface area contributed by atoms with Gasteiger partial charge in [0.15, 0.2) is 0 Å². The van der Waals surface area contributed by atoms with Gasteiger partial charge in [0.05, 0.1) is 18.8 Å². The second kappa shape index (κ2) is 10.2. The SMILES string of the molecule is C[C@H](CCC(=O)O)[C@H]1CC[C@H]2[C@@H]3[C@H](O)C[C@@H]4C[C@H](O)CC[C@]4(C)[C@H]3CC[C@]12C.NCC(=O)O. The first-order valence-electron chi connectivity index (χ1n) is 12.9. The van der Waals surface area contributed by atoms with Crippen LogP contribution in [0.5, 0.6) is 0 Å². The van der Waals surface area contributed by atoms with E-state index in [9.17, 15) is 19.8 Å². The molecule has 0 heterocycles. The maximum absolute atomic E-state index is 11.2. The summed E-state index contributed by atoms with van der Waals surface area (Å²) in [7, 11) is 0. The number of aliphatic hydroxyl groups is 2. The van der Waals surface area contributed by atoms with Crippen LogP contribution in [0.25, 0.3) is 0 Å². The molecular formula is C26H45NO6. The summed E-state index contributed by atoms with van der Waals surface area (Å²) < 4.78 is 0. The second-order valence-electron chi connectivity index (χ2n) is 12.0. The molecule has 0 aliphatic heterocycles. The average molecular weight is 468 g/mol. The monoisotopic (exact) mass is 467 g/mol. The molecule has 0 bridgehead atoms. The van der Waals surface area contributed by atoms with Gasteiger partial charge < -0.3 is 26.2 Å². The van der Waals surface area contributed by atoms with Gasteiger partial charge in [-0.2, -0.15) is 0 Å². The molecule has 10 atom stereocenters. The normalized spacial score (nSPS) is 45.0. The van der Waals surface area contributed by atoms with E-state index in [1.165, 1.54) is 25.7 Å². The second-order valence-corrected chi connectivity index (χ2v) is 12.0. The van der Waals surface area contributed by atoms with Crippen LogP contribution in [0.15, 0.2) is 0 Å². The van der Waals surface area contributed by atoms with E-state index in [4.69, 9.17) is 10.2 Å². The van der Waals surface area contributed by atoms with Crippen molar-refractivity contribution < 1.29 is 30.0 Å². The van der Waals surface area contributed by atoms with Crippen molar-refractivity contribution in [2.75, 3.05) is 6.54 Å². The zero-order valence-corrected chi connectivity index (χ0v) is 20.6. The number of rotatable bonds is 5. The minimum Gasteiger partial charge on any atom is -0.481 e. The van der Waals surface area contributed by atoms with Crippen molar-refractivity contribution in [2.45, 2.75) is 97.2 Å². The molecule has 0 saturated heterocycles. The van der Waals surface area contributed by atoms with Gasteiger partial charge in [0, 0.05) is 6.42 Å². The first kappa shape index (κ1) is 26.4. The highest BCUT2D eigenvalue weighted by molar-refractivity contribution is 5.68. The van der Waals surface area contributed by atoms with Crippen molar-refractivity contribution in [3.05, 3.63) is 0 Å². The fourth-order valence-corrected chi connectivity index (χ4v) is 8.73. The summed E-state index contributed by atoms with van der Waals surface area (Å²) in [4.78, 5) is 20.3. The number of carbonyl (C=O) groups is 2. The predicted molar refractivity (Wildman–Crippen MR) is 125 cm³/mol. The summed E-state index contributed by atoms with van der Waals surface area (Å²) in [5.74, 6) is 1.39. The Kier molecular flexibility index (Phi) is 8.17. The van der Waals surface area contributed by atoms with E-state index < -0.39 is 11.9 Å². The molecule has 7 nitrogen and oxygen atoms in total. The number of hydrogen-bond acceptors (Lipinski definition) is 5. The zero-order chi connectivity index (χ0) is 24.6. The lowest BCUT2D eigenvalue weighted by molar-refractivity contribution is -0.174. The highest BCUT2D eigenvalue weighted by Gasteiger charge is 2.62. The Labute approximate surface area is 198 Å². The molecule has 7 heteroatoms. The lowest BCUT2D eigenvalue weighted by Gasteiger charge is -2.62. The molecule has 0 aromatic carbocycles. The first-order chi connectivity index (χ1) is 15.4. The molecule has 4 fully saturated rings. The van der Waals surface area contributed by atoms with Crippen LogP contribution in [0.2, 0.25) is 0 Å². The summed E-state index contributed by atoms with van der Waals surface area (Å²) in [6, 6.07) is 0. The summed E-state index contributed by atoms with van der Waals surface area (Å²) in [6.07, 6.45) is 9.19. The highest BCUT2D eigenvalue weighted by atomic mass is 16.4.